The molecule has 1 aliphatic heterocycles. The summed E-state index contributed by atoms with van der Waals surface area (Å²) in [5.41, 5.74) is 1.68. The fourth-order valence-electron chi connectivity index (χ4n) is 3.06. The van der Waals surface area contributed by atoms with Crippen LogP contribution in [0, 0.1) is 11.2 Å². The molecule has 2 aromatic rings. The van der Waals surface area contributed by atoms with Crippen molar-refractivity contribution in [2.24, 2.45) is 5.41 Å². The molecule has 0 saturated carbocycles. The molecule has 1 N–H and O–H groups in total. The van der Waals surface area contributed by atoms with E-state index in [-0.39, 0.29) is 11.7 Å². The summed E-state index contributed by atoms with van der Waals surface area (Å²) in [4.78, 5) is 20.1. The number of rotatable bonds is 3. The Bertz CT molecular complexity index is 724. The third-order valence-electron chi connectivity index (χ3n) is 4.65. The molecular formula is C19H26FN3O. The van der Waals surface area contributed by atoms with E-state index in [9.17, 15) is 9.18 Å². The van der Waals surface area contributed by atoms with Crippen LogP contribution in [0.25, 0.3) is 10.9 Å². The van der Waals surface area contributed by atoms with Gasteiger partial charge in [0.25, 0.3) is 5.91 Å². The SMILES string of the molecule is CC(C)(C)CCN1CCN(C(=O)c2cc3cc(F)ccc3[nH]2)CC1. The summed E-state index contributed by atoms with van der Waals surface area (Å²) in [6.07, 6.45) is 1.16. The van der Waals surface area contributed by atoms with Crippen LogP contribution in [0.5, 0.6) is 0 Å². The Morgan fingerprint density at radius 2 is 1.88 bits per heavy atom. The minimum absolute atomic E-state index is 0.00193. The molecule has 24 heavy (non-hydrogen) atoms. The number of benzene rings is 1. The highest BCUT2D eigenvalue weighted by atomic mass is 19.1. The van der Waals surface area contributed by atoms with E-state index in [2.05, 4.69) is 30.7 Å². The van der Waals surface area contributed by atoms with Gasteiger partial charge in [-0.3, -0.25) is 9.69 Å². The van der Waals surface area contributed by atoms with Crippen LogP contribution in [0.2, 0.25) is 0 Å². The van der Waals surface area contributed by atoms with Gasteiger partial charge in [0, 0.05) is 37.1 Å². The number of piperazine rings is 1. The number of aromatic nitrogens is 1. The maximum Gasteiger partial charge on any atom is 0.270 e. The fraction of sp³-hybridized carbons (Fsp3) is 0.526. The third kappa shape index (κ3) is 3.96. The van der Waals surface area contributed by atoms with Crippen LogP contribution in [0.15, 0.2) is 24.3 Å². The largest absolute Gasteiger partial charge is 0.351 e. The predicted octanol–water partition coefficient (Wildman–Crippen LogP) is 3.50. The van der Waals surface area contributed by atoms with E-state index in [1.807, 2.05) is 4.90 Å². The molecule has 4 nitrogen and oxygen atoms in total. The minimum Gasteiger partial charge on any atom is -0.351 e. The Hall–Kier alpha value is -1.88. The predicted molar refractivity (Wildman–Crippen MR) is 94.7 cm³/mol. The average Bonchev–Trinajstić information content (AvgIpc) is 2.95. The average molecular weight is 331 g/mol. The molecular weight excluding hydrogens is 305 g/mol. The lowest BCUT2D eigenvalue weighted by Gasteiger charge is -2.35. The Morgan fingerprint density at radius 3 is 2.54 bits per heavy atom. The van der Waals surface area contributed by atoms with Crippen LogP contribution < -0.4 is 0 Å². The van der Waals surface area contributed by atoms with Crippen LogP contribution in [-0.4, -0.2) is 53.4 Å². The molecule has 1 aromatic carbocycles. The standard InChI is InChI=1S/C19H26FN3O/c1-19(2,3)6-7-22-8-10-23(11-9-22)18(24)17-13-14-12-15(20)4-5-16(14)21-17/h4-5,12-13,21H,6-11H2,1-3H3. The quantitative estimate of drug-likeness (QED) is 0.935. The highest BCUT2D eigenvalue weighted by Crippen LogP contribution is 2.20. The Balaban J connectivity index is 1.60. The van der Waals surface area contributed by atoms with E-state index in [4.69, 9.17) is 0 Å². The van der Waals surface area contributed by atoms with Gasteiger partial charge in [-0.1, -0.05) is 20.8 Å². The summed E-state index contributed by atoms with van der Waals surface area (Å²) in [6, 6.07) is 6.27. The zero-order chi connectivity index (χ0) is 17.3. The normalized spacial score (nSPS) is 16.8. The molecule has 5 heteroatoms. The monoisotopic (exact) mass is 331 g/mol. The number of halogens is 1. The van der Waals surface area contributed by atoms with Crippen LogP contribution in [0.1, 0.15) is 37.7 Å². The number of amides is 1. The summed E-state index contributed by atoms with van der Waals surface area (Å²) in [5.74, 6) is -0.282. The molecule has 1 fully saturated rings. The summed E-state index contributed by atoms with van der Waals surface area (Å²) >= 11 is 0. The van der Waals surface area contributed by atoms with E-state index in [1.54, 1.807) is 12.1 Å². The van der Waals surface area contributed by atoms with E-state index < -0.39 is 0 Å². The topological polar surface area (TPSA) is 39.3 Å². The third-order valence-corrected chi connectivity index (χ3v) is 4.65. The number of fused-ring (bicyclic) bond motifs is 1. The maximum atomic E-state index is 13.3. The van der Waals surface area contributed by atoms with Crippen molar-refractivity contribution in [3.63, 3.8) is 0 Å². The molecule has 1 amide bonds. The minimum atomic E-state index is -0.284. The summed E-state index contributed by atoms with van der Waals surface area (Å²) in [7, 11) is 0. The molecule has 0 atom stereocenters. The van der Waals surface area contributed by atoms with Crippen molar-refractivity contribution < 1.29 is 9.18 Å². The number of carbonyl (C=O) groups excluding carboxylic acids is 1. The highest BCUT2D eigenvalue weighted by molar-refractivity contribution is 5.98. The van der Waals surface area contributed by atoms with E-state index in [0.717, 1.165) is 50.0 Å². The van der Waals surface area contributed by atoms with Crippen LogP contribution in [0.3, 0.4) is 0 Å². The fourth-order valence-corrected chi connectivity index (χ4v) is 3.06. The first-order chi connectivity index (χ1) is 11.3. The van der Waals surface area contributed by atoms with Gasteiger partial charge in [-0.2, -0.15) is 0 Å². The first kappa shape index (κ1) is 17.0. The summed E-state index contributed by atoms with van der Waals surface area (Å²) in [6.45, 7) is 11.2. The zero-order valence-corrected chi connectivity index (χ0v) is 14.7. The molecule has 1 aliphatic rings. The molecule has 1 saturated heterocycles. The number of H-pyrrole nitrogens is 1. The second-order valence-electron chi connectivity index (χ2n) is 7.86. The van der Waals surface area contributed by atoms with Crippen LogP contribution in [0.4, 0.5) is 4.39 Å². The lowest BCUT2D eigenvalue weighted by atomic mass is 9.92. The molecule has 1 aromatic heterocycles. The van der Waals surface area contributed by atoms with Crippen molar-refractivity contribution in [3.05, 3.63) is 35.8 Å². The number of nitrogens with zero attached hydrogens (tertiary/aromatic N) is 2. The smallest absolute Gasteiger partial charge is 0.270 e. The Kier molecular flexibility index (Phi) is 4.63. The van der Waals surface area contributed by atoms with Gasteiger partial charge in [-0.05, 0) is 42.6 Å². The van der Waals surface area contributed by atoms with Gasteiger partial charge in [0.1, 0.15) is 11.5 Å². The van der Waals surface area contributed by atoms with Gasteiger partial charge in [0.2, 0.25) is 0 Å². The summed E-state index contributed by atoms with van der Waals surface area (Å²) < 4.78 is 13.3. The van der Waals surface area contributed by atoms with Crippen LogP contribution >= 0.6 is 0 Å². The van der Waals surface area contributed by atoms with Crippen molar-refractivity contribution >= 4 is 16.8 Å². The molecule has 0 bridgehead atoms. The van der Waals surface area contributed by atoms with Crippen molar-refractivity contribution in [1.82, 2.24) is 14.8 Å². The first-order valence-electron chi connectivity index (χ1n) is 8.62. The maximum absolute atomic E-state index is 13.3. The molecule has 130 valence electrons. The number of hydrogen-bond donors (Lipinski definition) is 1. The second kappa shape index (κ2) is 6.55. The molecule has 0 unspecified atom stereocenters. The molecule has 0 aliphatic carbocycles. The van der Waals surface area contributed by atoms with Gasteiger partial charge in [0.05, 0.1) is 0 Å². The van der Waals surface area contributed by atoms with Crippen LogP contribution in [-0.2, 0) is 0 Å². The Labute approximate surface area is 142 Å². The van der Waals surface area contributed by atoms with Gasteiger partial charge in [-0.15, -0.1) is 0 Å². The molecule has 3 rings (SSSR count). The van der Waals surface area contributed by atoms with Gasteiger partial charge < -0.3 is 9.88 Å². The molecule has 2 heterocycles. The number of aromatic amines is 1. The van der Waals surface area contributed by atoms with Crippen molar-refractivity contribution in [2.75, 3.05) is 32.7 Å². The lowest BCUT2D eigenvalue weighted by molar-refractivity contribution is 0.0618. The van der Waals surface area contributed by atoms with Crippen molar-refractivity contribution in [3.8, 4) is 0 Å². The van der Waals surface area contributed by atoms with Gasteiger partial charge in [0.15, 0.2) is 0 Å². The van der Waals surface area contributed by atoms with E-state index >= 15 is 0 Å². The van der Waals surface area contributed by atoms with Gasteiger partial charge >= 0.3 is 0 Å². The molecule has 0 radical (unpaired) electrons. The number of hydrogen-bond acceptors (Lipinski definition) is 2. The zero-order valence-electron chi connectivity index (χ0n) is 14.7. The lowest BCUT2D eigenvalue weighted by Crippen LogP contribution is -2.49. The van der Waals surface area contributed by atoms with Crippen molar-refractivity contribution in [2.45, 2.75) is 27.2 Å². The Morgan fingerprint density at radius 1 is 1.17 bits per heavy atom. The first-order valence-corrected chi connectivity index (χ1v) is 8.62. The number of carbonyl (C=O) groups is 1. The number of nitrogens with one attached hydrogen (secondary N) is 1. The van der Waals surface area contributed by atoms with E-state index in [0.29, 0.717) is 11.1 Å². The molecule has 0 spiro atoms. The highest BCUT2D eigenvalue weighted by Gasteiger charge is 2.24. The second-order valence-corrected chi connectivity index (χ2v) is 7.86. The summed E-state index contributed by atoms with van der Waals surface area (Å²) in [5, 5.41) is 0.738. The van der Waals surface area contributed by atoms with E-state index in [1.165, 1.54) is 12.1 Å². The van der Waals surface area contributed by atoms with Gasteiger partial charge in [-0.25, -0.2) is 4.39 Å². The van der Waals surface area contributed by atoms with Crippen molar-refractivity contribution in [1.29, 1.82) is 0 Å².